The first-order valence-electron chi connectivity index (χ1n) is 9.87. The molecule has 26 heavy (non-hydrogen) atoms. The summed E-state index contributed by atoms with van der Waals surface area (Å²) < 4.78 is 12.1. The van der Waals surface area contributed by atoms with E-state index in [1.165, 1.54) is 19.3 Å². The third-order valence-electron chi connectivity index (χ3n) is 5.58. The van der Waals surface area contributed by atoms with Gasteiger partial charge in [0.15, 0.2) is 0 Å². The van der Waals surface area contributed by atoms with Crippen molar-refractivity contribution < 1.29 is 19.4 Å². The van der Waals surface area contributed by atoms with Crippen LogP contribution in [0.2, 0.25) is 0 Å². The van der Waals surface area contributed by atoms with Crippen molar-refractivity contribution in [1.82, 2.24) is 0 Å². The zero-order valence-electron chi connectivity index (χ0n) is 15.3. The number of hydrogen-bond acceptors (Lipinski definition) is 4. The molecule has 2 saturated heterocycles. The monoisotopic (exact) mass is 378 g/mol. The lowest BCUT2D eigenvalue weighted by molar-refractivity contribution is -0.137. The van der Waals surface area contributed by atoms with Crippen LogP contribution in [-0.2, 0) is 9.53 Å². The molecule has 2 aliphatic rings. The Morgan fingerprint density at radius 1 is 1.08 bits per heavy atom. The Kier molecular flexibility index (Phi) is 7.69. The summed E-state index contributed by atoms with van der Waals surface area (Å²) >= 11 is 1.96. The number of rotatable bonds is 12. The SMILES string of the molecule is O=C(O)CCCCSCCC1C2CCC(O2)C1CCOc1ccccc1. The predicted octanol–water partition coefficient (Wildman–Crippen LogP) is 4.63. The molecular formula is C21H30O4S. The molecule has 1 aromatic carbocycles. The highest BCUT2D eigenvalue weighted by atomic mass is 32.2. The summed E-state index contributed by atoms with van der Waals surface area (Å²) in [6.07, 6.45) is 7.68. The molecule has 5 heteroatoms. The molecule has 0 amide bonds. The van der Waals surface area contributed by atoms with Crippen LogP contribution in [-0.4, -0.2) is 41.4 Å². The van der Waals surface area contributed by atoms with Crippen molar-refractivity contribution in [2.75, 3.05) is 18.1 Å². The van der Waals surface area contributed by atoms with Crippen LogP contribution in [0.25, 0.3) is 0 Å². The number of benzene rings is 1. The Bertz CT molecular complexity index is 550. The molecule has 4 nitrogen and oxygen atoms in total. The Labute approximate surface area is 160 Å². The third-order valence-corrected chi connectivity index (χ3v) is 6.68. The van der Waals surface area contributed by atoms with E-state index in [0.717, 1.165) is 43.1 Å². The van der Waals surface area contributed by atoms with Gasteiger partial charge in [-0.25, -0.2) is 0 Å². The average molecular weight is 379 g/mol. The van der Waals surface area contributed by atoms with Gasteiger partial charge < -0.3 is 14.6 Å². The number of ether oxygens (including phenoxy) is 2. The molecule has 2 aliphatic heterocycles. The van der Waals surface area contributed by atoms with Gasteiger partial charge >= 0.3 is 5.97 Å². The minimum Gasteiger partial charge on any atom is -0.494 e. The highest BCUT2D eigenvalue weighted by molar-refractivity contribution is 7.99. The summed E-state index contributed by atoms with van der Waals surface area (Å²) in [5.41, 5.74) is 0. The molecule has 2 heterocycles. The van der Waals surface area contributed by atoms with Crippen LogP contribution in [0.4, 0.5) is 0 Å². The Morgan fingerprint density at radius 3 is 2.54 bits per heavy atom. The lowest BCUT2D eigenvalue weighted by Crippen LogP contribution is -2.29. The lowest BCUT2D eigenvalue weighted by Gasteiger charge is -2.28. The molecule has 0 aromatic heterocycles. The molecule has 0 spiro atoms. The van der Waals surface area contributed by atoms with Crippen molar-refractivity contribution in [3.8, 4) is 5.75 Å². The molecular weight excluding hydrogens is 348 g/mol. The van der Waals surface area contributed by atoms with Crippen LogP contribution >= 0.6 is 11.8 Å². The largest absolute Gasteiger partial charge is 0.494 e. The van der Waals surface area contributed by atoms with Gasteiger partial charge in [-0.3, -0.25) is 4.79 Å². The zero-order valence-corrected chi connectivity index (χ0v) is 16.2. The molecule has 4 unspecified atom stereocenters. The van der Waals surface area contributed by atoms with Gasteiger partial charge in [0.2, 0.25) is 0 Å². The molecule has 2 fully saturated rings. The Balaban J connectivity index is 1.35. The van der Waals surface area contributed by atoms with Crippen LogP contribution in [0.5, 0.6) is 5.75 Å². The second kappa shape index (κ2) is 10.2. The second-order valence-electron chi connectivity index (χ2n) is 7.32. The number of unbranched alkanes of at least 4 members (excludes halogenated alkanes) is 1. The van der Waals surface area contributed by atoms with Crippen LogP contribution < -0.4 is 4.74 Å². The number of carboxylic acids is 1. The van der Waals surface area contributed by atoms with Crippen LogP contribution in [0.3, 0.4) is 0 Å². The quantitative estimate of drug-likeness (QED) is 0.538. The van der Waals surface area contributed by atoms with E-state index in [2.05, 4.69) is 0 Å². The first-order chi connectivity index (χ1) is 12.7. The van der Waals surface area contributed by atoms with E-state index in [4.69, 9.17) is 14.6 Å². The smallest absolute Gasteiger partial charge is 0.303 e. The number of carboxylic acid groups (broad SMARTS) is 1. The van der Waals surface area contributed by atoms with E-state index in [1.807, 2.05) is 42.1 Å². The van der Waals surface area contributed by atoms with Gasteiger partial charge in [0.05, 0.1) is 18.8 Å². The summed E-state index contributed by atoms with van der Waals surface area (Å²) in [6, 6.07) is 10.0. The van der Waals surface area contributed by atoms with E-state index in [0.29, 0.717) is 30.5 Å². The van der Waals surface area contributed by atoms with Crippen molar-refractivity contribution in [2.24, 2.45) is 11.8 Å². The van der Waals surface area contributed by atoms with Crippen LogP contribution in [0.1, 0.15) is 44.9 Å². The van der Waals surface area contributed by atoms with Crippen molar-refractivity contribution in [3.63, 3.8) is 0 Å². The van der Waals surface area contributed by atoms with Crippen molar-refractivity contribution in [3.05, 3.63) is 30.3 Å². The van der Waals surface area contributed by atoms with Gasteiger partial charge in [-0.05, 0) is 74.0 Å². The van der Waals surface area contributed by atoms with E-state index < -0.39 is 5.97 Å². The Hall–Kier alpha value is -1.20. The number of para-hydroxylation sites is 1. The average Bonchev–Trinajstić information content (AvgIpc) is 3.24. The van der Waals surface area contributed by atoms with E-state index >= 15 is 0 Å². The van der Waals surface area contributed by atoms with E-state index in [1.54, 1.807) is 0 Å². The first kappa shape index (κ1) is 19.6. The predicted molar refractivity (Wildman–Crippen MR) is 105 cm³/mol. The number of fused-ring (bicyclic) bond motifs is 2. The maximum atomic E-state index is 10.5. The molecule has 3 rings (SSSR count). The number of aliphatic carboxylic acids is 1. The van der Waals surface area contributed by atoms with Gasteiger partial charge in [-0.1, -0.05) is 18.2 Å². The second-order valence-corrected chi connectivity index (χ2v) is 8.54. The highest BCUT2D eigenvalue weighted by Gasteiger charge is 2.47. The molecule has 0 radical (unpaired) electrons. The van der Waals surface area contributed by atoms with Crippen molar-refractivity contribution in [1.29, 1.82) is 0 Å². The summed E-state index contributed by atoms with van der Waals surface area (Å²) in [5, 5.41) is 8.66. The minimum atomic E-state index is -0.685. The molecule has 4 atom stereocenters. The summed E-state index contributed by atoms with van der Waals surface area (Å²) in [7, 11) is 0. The summed E-state index contributed by atoms with van der Waals surface area (Å²) in [6.45, 7) is 0.764. The van der Waals surface area contributed by atoms with Gasteiger partial charge in [0.1, 0.15) is 5.75 Å². The molecule has 2 bridgehead atoms. The number of hydrogen-bond donors (Lipinski definition) is 1. The van der Waals surface area contributed by atoms with Crippen LogP contribution in [0, 0.1) is 11.8 Å². The fourth-order valence-corrected chi connectivity index (χ4v) is 5.35. The van der Waals surface area contributed by atoms with Gasteiger partial charge in [-0.2, -0.15) is 11.8 Å². The highest BCUT2D eigenvalue weighted by Crippen LogP contribution is 2.46. The van der Waals surface area contributed by atoms with Gasteiger partial charge in [0.25, 0.3) is 0 Å². The fraction of sp³-hybridized carbons (Fsp3) is 0.667. The normalized spacial score (nSPS) is 26.9. The summed E-state index contributed by atoms with van der Waals surface area (Å²) in [4.78, 5) is 10.5. The lowest BCUT2D eigenvalue weighted by atomic mass is 9.76. The van der Waals surface area contributed by atoms with Crippen LogP contribution in [0.15, 0.2) is 30.3 Å². The van der Waals surface area contributed by atoms with Gasteiger partial charge in [0, 0.05) is 6.42 Å². The molecule has 1 N–H and O–H groups in total. The van der Waals surface area contributed by atoms with E-state index in [-0.39, 0.29) is 0 Å². The van der Waals surface area contributed by atoms with E-state index in [9.17, 15) is 4.79 Å². The van der Waals surface area contributed by atoms with Crippen molar-refractivity contribution in [2.45, 2.75) is 57.2 Å². The van der Waals surface area contributed by atoms with Crippen molar-refractivity contribution >= 4 is 17.7 Å². The third kappa shape index (κ3) is 5.65. The molecule has 0 saturated carbocycles. The first-order valence-corrected chi connectivity index (χ1v) is 11.0. The molecule has 0 aliphatic carbocycles. The number of thioether (sulfide) groups is 1. The maximum absolute atomic E-state index is 10.5. The fourth-order valence-electron chi connectivity index (χ4n) is 4.30. The summed E-state index contributed by atoms with van der Waals surface area (Å²) in [5.74, 6) is 3.78. The maximum Gasteiger partial charge on any atom is 0.303 e. The standard InChI is InChI=1S/C21H30O4S/c22-21(23)8-4-5-14-26-15-12-18-17(19-9-10-20(18)25-19)11-13-24-16-6-2-1-3-7-16/h1-3,6-7,17-20H,4-5,8-15H2,(H,22,23). The molecule has 1 aromatic rings. The Morgan fingerprint density at radius 2 is 1.81 bits per heavy atom. The minimum absolute atomic E-state index is 0.296. The number of carbonyl (C=O) groups is 1. The topological polar surface area (TPSA) is 55.8 Å². The molecule has 144 valence electrons. The van der Waals surface area contributed by atoms with Gasteiger partial charge in [-0.15, -0.1) is 0 Å². The zero-order chi connectivity index (χ0) is 18.2.